The van der Waals surface area contributed by atoms with Crippen LogP contribution in [0.3, 0.4) is 0 Å². The molecular weight excluding hydrogens is 324 g/mol. The number of anilines is 1. The summed E-state index contributed by atoms with van der Waals surface area (Å²) in [7, 11) is 0. The lowest BCUT2D eigenvalue weighted by molar-refractivity contribution is 0.0763. The quantitative estimate of drug-likeness (QED) is 0.766. The van der Waals surface area contributed by atoms with E-state index in [1.54, 1.807) is 0 Å². The summed E-state index contributed by atoms with van der Waals surface area (Å²) in [5, 5.41) is 5.00. The summed E-state index contributed by atoms with van der Waals surface area (Å²) in [4.78, 5) is 23.5. The second-order valence-electron chi connectivity index (χ2n) is 5.55. The zero-order chi connectivity index (χ0) is 16.5. The van der Waals surface area contributed by atoms with Gasteiger partial charge in [-0.1, -0.05) is 41.7 Å². The number of carbonyl (C=O) groups is 1. The number of thiazole rings is 1. The molecule has 1 aromatic carbocycles. The third-order valence-corrected chi connectivity index (χ3v) is 4.80. The second kappa shape index (κ2) is 6.04. The van der Waals surface area contributed by atoms with E-state index in [0.717, 1.165) is 17.2 Å². The fourth-order valence-electron chi connectivity index (χ4n) is 2.76. The Morgan fingerprint density at radius 2 is 2.00 bits per heavy atom. The van der Waals surface area contributed by atoms with E-state index in [4.69, 9.17) is 5.73 Å². The number of benzene rings is 1. The molecule has 3 aromatic rings. The van der Waals surface area contributed by atoms with Crippen LogP contribution in [0.5, 0.6) is 0 Å². The molecule has 0 fully saturated rings. The number of nitrogens with two attached hydrogens (primary N) is 1. The predicted octanol–water partition coefficient (Wildman–Crippen LogP) is 1.68. The highest BCUT2D eigenvalue weighted by molar-refractivity contribution is 7.17. The molecule has 0 atom stereocenters. The van der Waals surface area contributed by atoms with Crippen LogP contribution in [0.2, 0.25) is 0 Å². The summed E-state index contributed by atoms with van der Waals surface area (Å²) in [5.41, 5.74) is 6.62. The Morgan fingerprint density at radius 1 is 1.17 bits per heavy atom. The van der Waals surface area contributed by atoms with E-state index in [2.05, 4.69) is 15.1 Å². The van der Waals surface area contributed by atoms with Gasteiger partial charge in [0.25, 0.3) is 5.91 Å². The summed E-state index contributed by atoms with van der Waals surface area (Å²) in [6.07, 6.45) is 2.22. The van der Waals surface area contributed by atoms with Crippen LogP contribution in [-0.2, 0) is 13.0 Å². The molecule has 1 aliphatic heterocycles. The average Bonchev–Trinajstić information content (AvgIpc) is 3.17. The first-order valence-corrected chi connectivity index (χ1v) is 8.52. The number of nitrogen functional groups attached to an aromatic ring is 1. The van der Waals surface area contributed by atoms with Gasteiger partial charge in [0, 0.05) is 25.1 Å². The third-order valence-electron chi connectivity index (χ3n) is 3.99. The van der Waals surface area contributed by atoms with Gasteiger partial charge in [0.05, 0.1) is 12.7 Å². The van der Waals surface area contributed by atoms with E-state index in [9.17, 15) is 4.79 Å². The van der Waals surface area contributed by atoms with Crippen molar-refractivity contribution in [2.45, 2.75) is 13.0 Å². The van der Waals surface area contributed by atoms with Crippen molar-refractivity contribution in [3.05, 3.63) is 47.2 Å². The minimum absolute atomic E-state index is 0.0294. The molecule has 0 bridgehead atoms. The van der Waals surface area contributed by atoms with Crippen LogP contribution in [-0.4, -0.2) is 43.6 Å². The van der Waals surface area contributed by atoms with Gasteiger partial charge in [-0.2, -0.15) is 5.10 Å². The maximum atomic E-state index is 12.5. The molecule has 7 nitrogen and oxygen atoms in total. The smallest absolute Gasteiger partial charge is 0.265 e. The van der Waals surface area contributed by atoms with E-state index in [1.807, 2.05) is 39.9 Å². The molecule has 3 heterocycles. The first-order valence-electron chi connectivity index (χ1n) is 7.70. The van der Waals surface area contributed by atoms with Crippen LogP contribution >= 0.6 is 11.3 Å². The van der Waals surface area contributed by atoms with Gasteiger partial charge in [0.2, 0.25) is 0 Å². The predicted molar refractivity (Wildman–Crippen MR) is 91.6 cm³/mol. The molecule has 0 radical (unpaired) electrons. The Labute approximate surface area is 142 Å². The van der Waals surface area contributed by atoms with Gasteiger partial charge in [0.15, 0.2) is 11.0 Å². The largest absolute Gasteiger partial charge is 0.375 e. The van der Waals surface area contributed by atoms with Crippen molar-refractivity contribution in [1.82, 2.24) is 24.6 Å². The SMILES string of the molecule is Nc1ncc(C(=O)N2CCc3nc(-c4ccccc4)nn3CC2)s1. The topological polar surface area (TPSA) is 89.9 Å². The summed E-state index contributed by atoms with van der Waals surface area (Å²) in [6.45, 7) is 1.85. The van der Waals surface area contributed by atoms with Crippen LogP contribution in [0, 0.1) is 0 Å². The molecule has 2 aromatic heterocycles. The maximum Gasteiger partial charge on any atom is 0.265 e. The van der Waals surface area contributed by atoms with Gasteiger partial charge in [-0.15, -0.1) is 0 Å². The zero-order valence-corrected chi connectivity index (χ0v) is 13.7. The van der Waals surface area contributed by atoms with Crippen LogP contribution in [0.15, 0.2) is 36.5 Å². The van der Waals surface area contributed by atoms with E-state index >= 15 is 0 Å². The van der Waals surface area contributed by atoms with E-state index in [1.165, 1.54) is 17.5 Å². The third kappa shape index (κ3) is 2.76. The molecule has 122 valence electrons. The molecule has 1 aliphatic rings. The molecule has 1 amide bonds. The van der Waals surface area contributed by atoms with Crippen molar-refractivity contribution in [2.24, 2.45) is 0 Å². The standard InChI is InChI=1S/C16H16N6OS/c17-16-18-10-12(24-16)15(23)21-7-6-13-19-14(20-22(13)9-8-21)11-4-2-1-3-5-11/h1-5,10H,6-9H2,(H2,17,18). The highest BCUT2D eigenvalue weighted by atomic mass is 32.1. The lowest BCUT2D eigenvalue weighted by Gasteiger charge is -2.18. The molecule has 0 spiro atoms. The lowest BCUT2D eigenvalue weighted by Crippen LogP contribution is -2.33. The van der Waals surface area contributed by atoms with Crippen molar-refractivity contribution in [1.29, 1.82) is 0 Å². The molecule has 0 unspecified atom stereocenters. The first kappa shape index (κ1) is 14.8. The molecule has 0 saturated heterocycles. The summed E-state index contributed by atoms with van der Waals surface area (Å²) in [5.74, 6) is 1.62. The number of amides is 1. The Kier molecular flexibility index (Phi) is 3.73. The highest BCUT2D eigenvalue weighted by Gasteiger charge is 2.23. The summed E-state index contributed by atoms with van der Waals surface area (Å²) in [6, 6.07) is 9.92. The number of fused-ring (bicyclic) bond motifs is 1. The van der Waals surface area contributed by atoms with Crippen molar-refractivity contribution in [3.63, 3.8) is 0 Å². The number of carbonyl (C=O) groups excluding carboxylic acids is 1. The van der Waals surface area contributed by atoms with Crippen molar-refractivity contribution < 1.29 is 4.79 Å². The molecule has 0 aliphatic carbocycles. The second-order valence-corrected chi connectivity index (χ2v) is 6.61. The van der Waals surface area contributed by atoms with Crippen molar-refractivity contribution >= 4 is 22.4 Å². The Morgan fingerprint density at radius 3 is 2.75 bits per heavy atom. The molecule has 24 heavy (non-hydrogen) atoms. The van der Waals surface area contributed by atoms with Gasteiger partial charge in [-0.05, 0) is 0 Å². The van der Waals surface area contributed by atoms with Crippen molar-refractivity contribution in [3.8, 4) is 11.4 Å². The molecule has 2 N–H and O–H groups in total. The summed E-state index contributed by atoms with van der Waals surface area (Å²) < 4.78 is 1.90. The number of hydrogen-bond donors (Lipinski definition) is 1. The van der Waals surface area contributed by atoms with Gasteiger partial charge < -0.3 is 10.6 Å². The van der Waals surface area contributed by atoms with Gasteiger partial charge in [-0.25, -0.2) is 14.6 Å². The van der Waals surface area contributed by atoms with Gasteiger partial charge in [-0.3, -0.25) is 4.79 Å². The number of rotatable bonds is 2. The van der Waals surface area contributed by atoms with E-state index < -0.39 is 0 Å². The Hall–Kier alpha value is -2.74. The van der Waals surface area contributed by atoms with Gasteiger partial charge >= 0.3 is 0 Å². The molecular formula is C16H16N6OS. The monoisotopic (exact) mass is 340 g/mol. The fraction of sp³-hybridized carbons (Fsp3) is 0.250. The van der Waals surface area contributed by atoms with Crippen LogP contribution in [0.25, 0.3) is 11.4 Å². The minimum Gasteiger partial charge on any atom is -0.375 e. The van der Waals surface area contributed by atoms with Crippen LogP contribution in [0.4, 0.5) is 5.13 Å². The average molecular weight is 340 g/mol. The number of nitrogens with zero attached hydrogens (tertiary/aromatic N) is 5. The van der Waals surface area contributed by atoms with Gasteiger partial charge in [0.1, 0.15) is 10.7 Å². The number of hydrogen-bond acceptors (Lipinski definition) is 6. The maximum absolute atomic E-state index is 12.5. The normalized spacial score (nSPS) is 14.2. The molecule has 0 saturated carbocycles. The van der Waals surface area contributed by atoms with Crippen molar-refractivity contribution in [2.75, 3.05) is 18.8 Å². The summed E-state index contributed by atoms with van der Waals surface area (Å²) >= 11 is 1.22. The molecule has 4 rings (SSSR count). The Balaban J connectivity index is 1.51. The minimum atomic E-state index is -0.0294. The fourth-order valence-corrected chi connectivity index (χ4v) is 3.41. The van der Waals surface area contributed by atoms with Crippen LogP contribution < -0.4 is 5.73 Å². The number of aromatic nitrogens is 4. The van der Waals surface area contributed by atoms with Crippen LogP contribution in [0.1, 0.15) is 15.5 Å². The van der Waals surface area contributed by atoms with E-state index in [0.29, 0.717) is 36.1 Å². The first-order chi connectivity index (χ1) is 11.7. The van der Waals surface area contributed by atoms with E-state index in [-0.39, 0.29) is 5.91 Å². The Bertz CT molecular complexity index is 846. The highest BCUT2D eigenvalue weighted by Crippen LogP contribution is 2.20. The zero-order valence-electron chi connectivity index (χ0n) is 12.9. The lowest BCUT2D eigenvalue weighted by atomic mass is 10.2. The molecule has 8 heteroatoms.